The lowest BCUT2D eigenvalue weighted by Gasteiger charge is -2.13. The molecule has 0 aromatic heterocycles. The molecule has 3 rings (SSSR count). The van der Waals surface area contributed by atoms with Crippen LogP contribution in [0.15, 0.2) is 84.6 Å². The molecule has 0 aliphatic rings. The van der Waals surface area contributed by atoms with Crippen LogP contribution in [0.2, 0.25) is 0 Å². The fourth-order valence-electron chi connectivity index (χ4n) is 2.63. The summed E-state index contributed by atoms with van der Waals surface area (Å²) in [5, 5.41) is 5.26. The third kappa shape index (κ3) is 5.07. The van der Waals surface area contributed by atoms with Crippen LogP contribution in [-0.2, 0) is 4.79 Å². The Labute approximate surface area is 167 Å². The van der Waals surface area contributed by atoms with Gasteiger partial charge in [0.25, 0.3) is 11.8 Å². The van der Waals surface area contributed by atoms with Gasteiger partial charge >= 0.3 is 0 Å². The van der Waals surface area contributed by atoms with E-state index in [1.54, 1.807) is 66.7 Å². The SMILES string of the molecule is COc1ccccc1NC(=O)C(=Cc1ccccc1F)NC(=O)c1ccccc1. The average Bonchev–Trinajstić information content (AvgIpc) is 2.75. The number of carbonyl (C=O) groups excluding carboxylic acids is 2. The predicted octanol–water partition coefficient (Wildman–Crippen LogP) is 4.24. The van der Waals surface area contributed by atoms with E-state index in [4.69, 9.17) is 4.74 Å². The number of rotatable bonds is 6. The van der Waals surface area contributed by atoms with Crippen molar-refractivity contribution in [1.82, 2.24) is 5.32 Å². The van der Waals surface area contributed by atoms with E-state index in [0.717, 1.165) is 0 Å². The van der Waals surface area contributed by atoms with Gasteiger partial charge in [0, 0.05) is 11.1 Å². The van der Waals surface area contributed by atoms with Gasteiger partial charge in [-0.15, -0.1) is 0 Å². The number of halogens is 1. The van der Waals surface area contributed by atoms with Crippen molar-refractivity contribution >= 4 is 23.6 Å². The molecular formula is C23H19FN2O3. The summed E-state index contributed by atoms with van der Waals surface area (Å²) in [6.45, 7) is 0. The molecule has 6 heteroatoms. The zero-order chi connectivity index (χ0) is 20.6. The van der Waals surface area contributed by atoms with Crippen LogP contribution in [0.3, 0.4) is 0 Å². The number of methoxy groups -OCH3 is 1. The number of ether oxygens (including phenoxy) is 1. The number of carbonyl (C=O) groups is 2. The van der Waals surface area contributed by atoms with Gasteiger partial charge in [-0.3, -0.25) is 9.59 Å². The summed E-state index contributed by atoms with van der Waals surface area (Å²) >= 11 is 0. The molecule has 0 saturated carbocycles. The number of hydrogen-bond donors (Lipinski definition) is 2. The minimum Gasteiger partial charge on any atom is -0.495 e. The molecule has 0 fully saturated rings. The molecule has 5 nitrogen and oxygen atoms in total. The number of para-hydroxylation sites is 2. The number of benzene rings is 3. The summed E-state index contributed by atoms with van der Waals surface area (Å²) in [5.41, 5.74) is 0.867. The van der Waals surface area contributed by atoms with E-state index in [-0.39, 0.29) is 11.3 Å². The lowest BCUT2D eigenvalue weighted by Crippen LogP contribution is -2.30. The normalized spacial score (nSPS) is 10.9. The Morgan fingerprint density at radius 3 is 2.28 bits per heavy atom. The second-order valence-electron chi connectivity index (χ2n) is 6.05. The van der Waals surface area contributed by atoms with Gasteiger partial charge in [0.05, 0.1) is 12.8 Å². The molecule has 3 aromatic rings. The number of hydrogen-bond acceptors (Lipinski definition) is 3. The van der Waals surface area contributed by atoms with Crippen LogP contribution in [0.5, 0.6) is 5.75 Å². The Morgan fingerprint density at radius 2 is 1.55 bits per heavy atom. The summed E-state index contributed by atoms with van der Waals surface area (Å²) in [6, 6.07) is 21.3. The Balaban J connectivity index is 1.93. The molecule has 29 heavy (non-hydrogen) atoms. The van der Waals surface area contributed by atoms with Gasteiger partial charge in [-0.2, -0.15) is 0 Å². The third-order valence-corrected chi connectivity index (χ3v) is 4.09. The number of amides is 2. The summed E-state index contributed by atoms with van der Waals surface area (Å²) in [7, 11) is 1.48. The van der Waals surface area contributed by atoms with Gasteiger partial charge < -0.3 is 15.4 Å². The largest absolute Gasteiger partial charge is 0.495 e. The lowest BCUT2D eigenvalue weighted by molar-refractivity contribution is -0.113. The molecule has 0 heterocycles. The van der Waals surface area contributed by atoms with Crippen molar-refractivity contribution in [1.29, 1.82) is 0 Å². The topological polar surface area (TPSA) is 67.4 Å². The van der Waals surface area contributed by atoms with Gasteiger partial charge in [0.2, 0.25) is 0 Å². The molecule has 3 aromatic carbocycles. The van der Waals surface area contributed by atoms with Crippen molar-refractivity contribution in [2.24, 2.45) is 0 Å². The standard InChI is InChI=1S/C23H19FN2O3/c1-29-21-14-8-7-13-19(21)25-23(28)20(15-17-11-5-6-12-18(17)24)26-22(27)16-9-3-2-4-10-16/h2-15H,1H3,(H,25,28)(H,26,27). The average molecular weight is 390 g/mol. The molecule has 0 aliphatic heterocycles. The maximum atomic E-state index is 14.1. The Kier molecular flexibility index (Phi) is 6.37. The van der Waals surface area contributed by atoms with Crippen LogP contribution >= 0.6 is 0 Å². The van der Waals surface area contributed by atoms with Crippen molar-refractivity contribution in [2.75, 3.05) is 12.4 Å². The van der Waals surface area contributed by atoms with Gasteiger partial charge in [0.15, 0.2) is 0 Å². The predicted molar refractivity (Wildman–Crippen MR) is 110 cm³/mol. The molecule has 2 amide bonds. The van der Waals surface area contributed by atoms with Crippen LogP contribution in [-0.4, -0.2) is 18.9 Å². The highest BCUT2D eigenvalue weighted by Gasteiger charge is 2.17. The minimum absolute atomic E-state index is 0.102. The first-order valence-electron chi connectivity index (χ1n) is 8.85. The summed E-state index contributed by atoms with van der Waals surface area (Å²) in [4.78, 5) is 25.5. The zero-order valence-electron chi connectivity index (χ0n) is 15.7. The first-order valence-corrected chi connectivity index (χ1v) is 8.85. The van der Waals surface area contributed by atoms with Crippen molar-refractivity contribution in [3.63, 3.8) is 0 Å². The van der Waals surface area contributed by atoms with E-state index in [0.29, 0.717) is 17.0 Å². The molecule has 2 N–H and O–H groups in total. The van der Waals surface area contributed by atoms with Gasteiger partial charge in [-0.1, -0.05) is 48.5 Å². The van der Waals surface area contributed by atoms with Crippen LogP contribution in [0.4, 0.5) is 10.1 Å². The first kappa shape index (κ1) is 19.8. The summed E-state index contributed by atoms with van der Waals surface area (Å²) in [5.74, 6) is -1.14. The van der Waals surface area contributed by atoms with Crippen LogP contribution in [0.1, 0.15) is 15.9 Å². The van der Waals surface area contributed by atoms with Gasteiger partial charge in [0.1, 0.15) is 17.3 Å². The number of anilines is 1. The first-order chi connectivity index (χ1) is 14.1. The fourth-order valence-corrected chi connectivity index (χ4v) is 2.63. The van der Waals surface area contributed by atoms with E-state index in [1.165, 1.54) is 25.3 Å². The van der Waals surface area contributed by atoms with E-state index in [9.17, 15) is 14.0 Å². The molecule has 0 bridgehead atoms. The van der Waals surface area contributed by atoms with Gasteiger partial charge in [-0.25, -0.2) is 4.39 Å². The molecule has 0 spiro atoms. The smallest absolute Gasteiger partial charge is 0.272 e. The Morgan fingerprint density at radius 1 is 0.897 bits per heavy atom. The van der Waals surface area contributed by atoms with E-state index < -0.39 is 17.6 Å². The minimum atomic E-state index is -0.609. The monoisotopic (exact) mass is 390 g/mol. The Hall–Kier alpha value is -3.93. The van der Waals surface area contributed by atoms with Crippen LogP contribution < -0.4 is 15.4 Å². The second kappa shape index (κ2) is 9.32. The van der Waals surface area contributed by atoms with Gasteiger partial charge in [-0.05, 0) is 36.4 Å². The molecule has 0 atom stereocenters. The number of nitrogens with one attached hydrogen (secondary N) is 2. The van der Waals surface area contributed by atoms with Crippen LogP contribution in [0, 0.1) is 5.82 Å². The van der Waals surface area contributed by atoms with E-state index in [1.807, 2.05) is 0 Å². The second-order valence-corrected chi connectivity index (χ2v) is 6.05. The lowest BCUT2D eigenvalue weighted by atomic mass is 10.1. The highest BCUT2D eigenvalue weighted by atomic mass is 19.1. The molecule has 0 aliphatic carbocycles. The molecule has 146 valence electrons. The highest BCUT2D eigenvalue weighted by Crippen LogP contribution is 2.23. The van der Waals surface area contributed by atoms with Crippen LogP contribution in [0.25, 0.3) is 6.08 Å². The maximum Gasteiger partial charge on any atom is 0.272 e. The fraction of sp³-hybridized carbons (Fsp3) is 0.0435. The molecule has 0 radical (unpaired) electrons. The van der Waals surface area contributed by atoms with Crippen molar-refractivity contribution in [2.45, 2.75) is 0 Å². The quantitative estimate of drug-likeness (QED) is 0.619. The van der Waals surface area contributed by atoms with Crippen molar-refractivity contribution in [3.05, 3.63) is 102 Å². The van der Waals surface area contributed by atoms with Crippen molar-refractivity contribution < 1.29 is 18.7 Å². The molecule has 0 unspecified atom stereocenters. The summed E-state index contributed by atoms with van der Waals surface area (Å²) < 4.78 is 19.3. The van der Waals surface area contributed by atoms with E-state index >= 15 is 0 Å². The summed E-state index contributed by atoms with van der Waals surface area (Å²) in [6.07, 6.45) is 1.29. The third-order valence-electron chi connectivity index (χ3n) is 4.09. The Bertz CT molecular complexity index is 1050. The molecule has 0 saturated heterocycles. The van der Waals surface area contributed by atoms with E-state index in [2.05, 4.69) is 10.6 Å². The zero-order valence-corrected chi connectivity index (χ0v) is 15.7. The highest BCUT2D eigenvalue weighted by molar-refractivity contribution is 6.11. The molecular weight excluding hydrogens is 371 g/mol. The maximum absolute atomic E-state index is 14.1. The van der Waals surface area contributed by atoms with Crippen molar-refractivity contribution in [3.8, 4) is 5.75 Å².